The van der Waals surface area contributed by atoms with Crippen LogP contribution in [0.4, 0.5) is 21.5 Å². The molecule has 1 aromatic heterocycles. The predicted molar refractivity (Wildman–Crippen MR) is 107 cm³/mol. The molecule has 1 heterocycles. The molecule has 0 unspecified atom stereocenters. The standard InChI is InChI=1S/C17H20ClFN4O5S/c1-5-28-22-17(24)11-9-20-16(18)8-13(11)21-14-7-12(19)10(2)6-15(14)23(3)29(25,26)27-4/h6-9H,5H2,1-4H3,(H,20,21)(H,22,24). The first-order chi connectivity index (χ1) is 13.6. The van der Waals surface area contributed by atoms with Crippen molar-refractivity contribution in [2.24, 2.45) is 0 Å². The normalized spacial score (nSPS) is 11.2. The molecule has 0 saturated carbocycles. The number of rotatable bonds is 8. The average molecular weight is 447 g/mol. The molecule has 0 aliphatic carbocycles. The van der Waals surface area contributed by atoms with Crippen LogP contribution in [0.25, 0.3) is 0 Å². The molecular weight excluding hydrogens is 427 g/mol. The molecule has 2 aromatic rings. The van der Waals surface area contributed by atoms with E-state index in [1.54, 1.807) is 6.92 Å². The maximum absolute atomic E-state index is 14.2. The number of hydrogen-bond acceptors (Lipinski definition) is 7. The molecule has 1 amide bonds. The van der Waals surface area contributed by atoms with E-state index in [9.17, 15) is 17.6 Å². The Kier molecular flexibility index (Phi) is 7.36. The van der Waals surface area contributed by atoms with Gasteiger partial charge in [0.2, 0.25) is 0 Å². The summed E-state index contributed by atoms with van der Waals surface area (Å²) in [6.07, 6.45) is 1.21. The minimum Gasteiger partial charge on any atom is -0.353 e. The molecule has 9 nitrogen and oxygen atoms in total. The summed E-state index contributed by atoms with van der Waals surface area (Å²) in [6.45, 7) is 3.41. The first kappa shape index (κ1) is 22.8. The summed E-state index contributed by atoms with van der Waals surface area (Å²) in [6, 6.07) is 3.77. The SMILES string of the molecule is CCONC(=O)c1cnc(Cl)cc1Nc1cc(F)c(C)cc1N(C)S(=O)(=O)OC. The van der Waals surface area contributed by atoms with Crippen LogP contribution in [0.1, 0.15) is 22.8 Å². The zero-order chi connectivity index (χ0) is 21.8. The van der Waals surface area contributed by atoms with Crippen LogP contribution in [0.5, 0.6) is 0 Å². The van der Waals surface area contributed by atoms with E-state index in [0.29, 0.717) is 0 Å². The van der Waals surface area contributed by atoms with Gasteiger partial charge < -0.3 is 5.32 Å². The topological polar surface area (TPSA) is 110 Å². The molecule has 0 fully saturated rings. The van der Waals surface area contributed by atoms with Crippen molar-refractivity contribution >= 4 is 44.9 Å². The fraction of sp³-hybridized carbons (Fsp3) is 0.294. The molecule has 0 atom stereocenters. The molecule has 0 aliphatic heterocycles. The van der Waals surface area contributed by atoms with Gasteiger partial charge >= 0.3 is 10.3 Å². The Morgan fingerprint density at radius 1 is 1.31 bits per heavy atom. The van der Waals surface area contributed by atoms with Gasteiger partial charge in [0.1, 0.15) is 11.0 Å². The van der Waals surface area contributed by atoms with Crippen LogP contribution in [-0.4, -0.2) is 40.1 Å². The fourth-order valence-electron chi connectivity index (χ4n) is 2.31. The molecule has 0 saturated heterocycles. The molecule has 1 aromatic carbocycles. The van der Waals surface area contributed by atoms with Gasteiger partial charge in [-0.25, -0.2) is 19.2 Å². The average Bonchev–Trinajstić information content (AvgIpc) is 2.68. The summed E-state index contributed by atoms with van der Waals surface area (Å²) < 4.78 is 43.8. The van der Waals surface area contributed by atoms with Gasteiger partial charge in [0.25, 0.3) is 5.91 Å². The Morgan fingerprint density at radius 3 is 2.62 bits per heavy atom. The third-order valence-corrected chi connectivity index (χ3v) is 5.35. The molecule has 0 aliphatic rings. The highest BCUT2D eigenvalue weighted by Crippen LogP contribution is 2.34. The molecular formula is C17H20ClFN4O5S. The number of nitrogens with zero attached hydrogens (tertiary/aromatic N) is 2. The molecule has 2 rings (SSSR count). The number of hydroxylamine groups is 1. The summed E-state index contributed by atoms with van der Waals surface area (Å²) in [5.74, 6) is -1.20. The van der Waals surface area contributed by atoms with E-state index >= 15 is 0 Å². The van der Waals surface area contributed by atoms with Crippen LogP contribution >= 0.6 is 11.6 Å². The summed E-state index contributed by atoms with van der Waals surface area (Å²) >= 11 is 5.93. The molecule has 29 heavy (non-hydrogen) atoms. The van der Waals surface area contributed by atoms with Crippen molar-refractivity contribution in [1.82, 2.24) is 10.5 Å². The van der Waals surface area contributed by atoms with Crippen LogP contribution in [0, 0.1) is 12.7 Å². The number of aryl methyl sites for hydroxylation is 1. The number of nitrogens with one attached hydrogen (secondary N) is 2. The van der Waals surface area contributed by atoms with Crippen molar-refractivity contribution in [3.05, 3.63) is 46.5 Å². The zero-order valence-electron chi connectivity index (χ0n) is 16.1. The van der Waals surface area contributed by atoms with Crippen molar-refractivity contribution in [3.63, 3.8) is 0 Å². The number of benzene rings is 1. The van der Waals surface area contributed by atoms with Crippen molar-refractivity contribution in [1.29, 1.82) is 0 Å². The van der Waals surface area contributed by atoms with E-state index < -0.39 is 22.0 Å². The van der Waals surface area contributed by atoms with E-state index in [0.717, 1.165) is 17.5 Å². The summed E-state index contributed by atoms with van der Waals surface area (Å²) in [4.78, 5) is 21.1. The van der Waals surface area contributed by atoms with Crippen LogP contribution < -0.4 is 15.1 Å². The minimum absolute atomic E-state index is 0.0482. The number of aromatic nitrogens is 1. The lowest BCUT2D eigenvalue weighted by Gasteiger charge is -2.23. The number of pyridine rings is 1. The monoisotopic (exact) mass is 446 g/mol. The maximum atomic E-state index is 14.2. The molecule has 2 N–H and O–H groups in total. The van der Waals surface area contributed by atoms with Gasteiger partial charge in [0.15, 0.2) is 0 Å². The summed E-state index contributed by atoms with van der Waals surface area (Å²) in [5, 5.41) is 2.90. The first-order valence-corrected chi connectivity index (χ1v) is 10.0. The van der Waals surface area contributed by atoms with Gasteiger partial charge in [-0.05, 0) is 37.6 Å². The van der Waals surface area contributed by atoms with Gasteiger partial charge in [0.05, 0.1) is 36.3 Å². The number of amides is 1. The Hall–Kier alpha value is -2.47. The number of carbonyl (C=O) groups is 1. The second kappa shape index (κ2) is 9.35. The van der Waals surface area contributed by atoms with Crippen molar-refractivity contribution in [2.75, 3.05) is 30.4 Å². The minimum atomic E-state index is -4.11. The second-order valence-electron chi connectivity index (χ2n) is 5.75. The first-order valence-electron chi connectivity index (χ1n) is 8.30. The van der Waals surface area contributed by atoms with E-state index in [2.05, 4.69) is 20.0 Å². The lowest BCUT2D eigenvalue weighted by Crippen LogP contribution is -2.28. The van der Waals surface area contributed by atoms with Gasteiger partial charge in [-0.1, -0.05) is 11.6 Å². The van der Waals surface area contributed by atoms with Gasteiger partial charge in [-0.3, -0.25) is 13.8 Å². The largest absolute Gasteiger partial charge is 0.362 e. The second-order valence-corrected chi connectivity index (χ2v) is 7.88. The number of carbonyl (C=O) groups excluding carboxylic acids is 1. The molecule has 12 heteroatoms. The highest BCUT2D eigenvalue weighted by molar-refractivity contribution is 7.88. The van der Waals surface area contributed by atoms with Crippen LogP contribution in [-0.2, 0) is 19.3 Å². The smallest absolute Gasteiger partial charge is 0.353 e. The zero-order valence-corrected chi connectivity index (χ0v) is 17.7. The molecule has 0 radical (unpaired) electrons. The fourth-order valence-corrected chi connectivity index (χ4v) is 3.08. The third kappa shape index (κ3) is 5.32. The van der Waals surface area contributed by atoms with Crippen LogP contribution in [0.2, 0.25) is 5.15 Å². The Labute approximate surface area is 173 Å². The Balaban J connectivity index is 2.56. The number of halogens is 2. The summed E-state index contributed by atoms with van der Waals surface area (Å²) in [7, 11) is -1.85. The lowest BCUT2D eigenvalue weighted by molar-refractivity contribution is 0.0365. The van der Waals surface area contributed by atoms with Crippen molar-refractivity contribution in [3.8, 4) is 0 Å². The molecule has 0 spiro atoms. The number of anilines is 3. The van der Waals surface area contributed by atoms with Gasteiger partial charge in [0, 0.05) is 13.2 Å². The van der Waals surface area contributed by atoms with Gasteiger partial charge in [-0.2, -0.15) is 8.42 Å². The molecule has 0 bridgehead atoms. The van der Waals surface area contributed by atoms with Crippen molar-refractivity contribution < 1.29 is 26.6 Å². The number of hydrogen-bond donors (Lipinski definition) is 2. The van der Waals surface area contributed by atoms with Crippen LogP contribution in [0.15, 0.2) is 24.4 Å². The highest BCUT2D eigenvalue weighted by atomic mass is 35.5. The Bertz CT molecular complexity index is 1020. The third-order valence-electron chi connectivity index (χ3n) is 3.86. The summed E-state index contributed by atoms with van der Waals surface area (Å²) in [5.41, 5.74) is 2.80. The van der Waals surface area contributed by atoms with E-state index in [1.807, 2.05) is 0 Å². The van der Waals surface area contributed by atoms with Crippen LogP contribution in [0.3, 0.4) is 0 Å². The lowest BCUT2D eigenvalue weighted by atomic mass is 10.1. The molecule has 158 valence electrons. The van der Waals surface area contributed by atoms with E-state index in [-0.39, 0.29) is 39.9 Å². The highest BCUT2D eigenvalue weighted by Gasteiger charge is 2.23. The van der Waals surface area contributed by atoms with E-state index in [4.69, 9.17) is 16.4 Å². The quantitative estimate of drug-likeness (QED) is 0.473. The predicted octanol–water partition coefficient (Wildman–Crippen LogP) is 2.93. The van der Waals surface area contributed by atoms with Crippen molar-refractivity contribution in [2.45, 2.75) is 13.8 Å². The van der Waals surface area contributed by atoms with Gasteiger partial charge in [-0.15, -0.1) is 0 Å². The Morgan fingerprint density at radius 2 is 2.00 bits per heavy atom. The maximum Gasteiger partial charge on any atom is 0.362 e. The van der Waals surface area contributed by atoms with E-state index in [1.165, 1.54) is 32.3 Å².